The summed E-state index contributed by atoms with van der Waals surface area (Å²) in [5.74, 6) is 0.276. The molecule has 2 N–H and O–H groups in total. The van der Waals surface area contributed by atoms with Gasteiger partial charge in [-0.05, 0) is 62.8 Å². The van der Waals surface area contributed by atoms with Crippen LogP contribution in [0.15, 0.2) is 35.2 Å². The van der Waals surface area contributed by atoms with Crippen LogP contribution < -0.4 is 10.0 Å². The van der Waals surface area contributed by atoms with Crippen LogP contribution in [0.1, 0.15) is 43.1 Å². The molecule has 1 atom stereocenters. The fourth-order valence-electron chi connectivity index (χ4n) is 3.18. The van der Waals surface area contributed by atoms with Crippen molar-refractivity contribution in [3.63, 3.8) is 0 Å². The number of nitrogens with one attached hydrogen (secondary N) is 2. The number of amides is 1. The zero-order chi connectivity index (χ0) is 21.0. The van der Waals surface area contributed by atoms with Crippen molar-refractivity contribution < 1.29 is 13.2 Å². The first-order valence-corrected chi connectivity index (χ1v) is 11.6. The van der Waals surface area contributed by atoms with Gasteiger partial charge in [-0.15, -0.1) is 0 Å². The third-order valence-electron chi connectivity index (χ3n) is 5.01. The molecule has 0 radical (unpaired) electrons. The van der Waals surface area contributed by atoms with Gasteiger partial charge in [-0.25, -0.2) is 13.1 Å². The second-order valence-electron chi connectivity index (χ2n) is 8.06. The van der Waals surface area contributed by atoms with Crippen LogP contribution >= 0.6 is 0 Å². The van der Waals surface area contributed by atoms with E-state index < -0.39 is 10.0 Å². The number of carbonyl (C=O) groups excluding carboxylic acids is 1. The number of hydrogen-bond donors (Lipinski definition) is 2. The third kappa shape index (κ3) is 6.40. The molecule has 1 aliphatic rings. The van der Waals surface area contributed by atoms with Crippen molar-refractivity contribution >= 4 is 15.9 Å². The SMILES string of the molecule is Cc1cc(C)n(CC(C)CNC(=O)CCc2ccc(S(=O)(=O)NC3CC3)cc2)n1. The lowest BCUT2D eigenvalue weighted by molar-refractivity contribution is -0.121. The van der Waals surface area contributed by atoms with E-state index in [0.717, 1.165) is 36.3 Å². The Balaban J connectivity index is 1.41. The number of rotatable bonds is 10. The Bertz CT molecular complexity index is 947. The molecule has 1 aliphatic carbocycles. The van der Waals surface area contributed by atoms with Crippen molar-refractivity contribution in [2.75, 3.05) is 6.54 Å². The number of benzene rings is 1. The molecule has 0 aliphatic heterocycles. The Morgan fingerprint density at radius 1 is 1.24 bits per heavy atom. The average molecular weight is 419 g/mol. The molecule has 3 rings (SSSR count). The Hall–Kier alpha value is -2.19. The molecule has 29 heavy (non-hydrogen) atoms. The van der Waals surface area contributed by atoms with Gasteiger partial charge in [-0.3, -0.25) is 9.48 Å². The molecule has 1 unspecified atom stereocenters. The van der Waals surface area contributed by atoms with Crippen molar-refractivity contribution in [3.05, 3.63) is 47.3 Å². The second kappa shape index (κ2) is 9.09. The molecule has 1 heterocycles. The summed E-state index contributed by atoms with van der Waals surface area (Å²) in [5.41, 5.74) is 3.07. The first-order valence-electron chi connectivity index (χ1n) is 10.1. The average Bonchev–Trinajstić information content (AvgIpc) is 3.41. The molecular weight excluding hydrogens is 388 g/mol. The van der Waals surface area contributed by atoms with Crippen molar-refractivity contribution in [2.24, 2.45) is 5.92 Å². The largest absolute Gasteiger partial charge is 0.356 e. The molecule has 7 nitrogen and oxygen atoms in total. The fraction of sp³-hybridized carbons (Fsp3) is 0.524. The van der Waals surface area contributed by atoms with Gasteiger partial charge in [0.25, 0.3) is 0 Å². The fourth-order valence-corrected chi connectivity index (χ4v) is 4.48. The predicted molar refractivity (Wildman–Crippen MR) is 112 cm³/mol. The van der Waals surface area contributed by atoms with Crippen LogP contribution in [-0.4, -0.2) is 36.7 Å². The summed E-state index contributed by atoms with van der Waals surface area (Å²) in [4.78, 5) is 12.4. The Labute approximate surface area is 172 Å². The maximum Gasteiger partial charge on any atom is 0.240 e. The standard InChI is InChI=1S/C21H30N4O3S/c1-15(14-25-17(3)12-16(2)23-25)13-22-21(26)11-6-18-4-9-20(10-5-18)29(27,28)24-19-7-8-19/h4-5,9-10,12,15,19,24H,6-8,11,13-14H2,1-3H3,(H,22,26). The minimum absolute atomic E-state index is 0.00249. The molecule has 1 fully saturated rings. The molecular formula is C21H30N4O3S. The van der Waals surface area contributed by atoms with Crippen molar-refractivity contribution in [3.8, 4) is 0 Å². The minimum Gasteiger partial charge on any atom is -0.356 e. The van der Waals surface area contributed by atoms with Gasteiger partial charge in [0.15, 0.2) is 0 Å². The molecule has 0 bridgehead atoms. The molecule has 1 aromatic carbocycles. The number of aromatic nitrogens is 2. The lowest BCUT2D eigenvalue weighted by atomic mass is 10.1. The quantitative estimate of drug-likeness (QED) is 0.619. The van der Waals surface area contributed by atoms with Crippen LogP contribution in [0.5, 0.6) is 0 Å². The van der Waals surface area contributed by atoms with E-state index in [9.17, 15) is 13.2 Å². The van der Waals surface area contributed by atoms with Crippen LogP contribution in [0.4, 0.5) is 0 Å². The highest BCUT2D eigenvalue weighted by atomic mass is 32.2. The number of hydrogen-bond acceptors (Lipinski definition) is 4. The zero-order valence-electron chi connectivity index (χ0n) is 17.3. The highest BCUT2D eigenvalue weighted by Gasteiger charge is 2.27. The number of sulfonamides is 1. The lowest BCUT2D eigenvalue weighted by Crippen LogP contribution is -2.30. The van der Waals surface area contributed by atoms with E-state index in [4.69, 9.17) is 0 Å². The summed E-state index contributed by atoms with van der Waals surface area (Å²) in [6.07, 6.45) is 2.77. The van der Waals surface area contributed by atoms with Crippen molar-refractivity contribution in [1.82, 2.24) is 19.8 Å². The summed E-state index contributed by atoms with van der Waals surface area (Å²) in [6.45, 7) is 7.46. The molecule has 2 aromatic rings. The normalized spacial score (nSPS) is 15.3. The molecule has 1 saturated carbocycles. The number of carbonyl (C=O) groups is 1. The van der Waals surface area contributed by atoms with Crippen LogP contribution in [0, 0.1) is 19.8 Å². The van der Waals surface area contributed by atoms with Crippen LogP contribution in [0.25, 0.3) is 0 Å². The monoisotopic (exact) mass is 418 g/mol. The van der Waals surface area contributed by atoms with Crippen molar-refractivity contribution in [1.29, 1.82) is 0 Å². The molecule has 1 amide bonds. The van der Waals surface area contributed by atoms with E-state index in [-0.39, 0.29) is 22.8 Å². The third-order valence-corrected chi connectivity index (χ3v) is 6.55. The molecule has 158 valence electrons. The van der Waals surface area contributed by atoms with E-state index in [1.165, 1.54) is 0 Å². The van der Waals surface area contributed by atoms with Crippen LogP contribution in [0.3, 0.4) is 0 Å². The second-order valence-corrected chi connectivity index (χ2v) is 9.77. The lowest BCUT2D eigenvalue weighted by Gasteiger charge is -2.14. The maximum absolute atomic E-state index is 12.2. The van der Waals surface area contributed by atoms with Crippen LogP contribution in [0.2, 0.25) is 0 Å². The summed E-state index contributed by atoms with van der Waals surface area (Å²) in [6, 6.07) is 8.90. The molecule has 0 spiro atoms. The van der Waals surface area contributed by atoms with E-state index in [1.54, 1.807) is 24.3 Å². The Kier molecular flexibility index (Phi) is 6.74. The van der Waals surface area contributed by atoms with E-state index in [0.29, 0.717) is 19.4 Å². The summed E-state index contributed by atoms with van der Waals surface area (Å²) in [7, 11) is -3.43. The highest BCUT2D eigenvalue weighted by Crippen LogP contribution is 2.22. The molecule has 0 saturated heterocycles. The predicted octanol–water partition coefficient (Wildman–Crippen LogP) is 2.33. The van der Waals surface area contributed by atoms with E-state index in [1.807, 2.05) is 24.6 Å². The Morgan fingerprint density at radius 2 is 1.93 bits per heavy atom. The maximum atomic E-state index is 12.2. The van der Waals surface area contributed by atoms with Crippen molar-refractivity contribution in [2.45, 2.75) is 63.9 Å². The molecule has 8 heteroatoms. The number of nitrogens with zero attached hydrogens (tertiary/aromatic N) is 2. The summed E-state index contributed by atoms with van der Waals surface area (Å²) < 4.78 is 29.0. The van der Waals surface area contributed by atoms with E-state index >= 15 is 0 Å². The van der Waals surface area contributed by atoms with Gasteiger partial charge < -0.3 is 5.32 Å². The molecule has 1 aromatic heterocycles. The first-order chi connectivity index (χ1) is 13.7. The first kappa shape index (κ1) is 21.5. The number of aryl methyl sites for hydroxylation is 3. The summed E-state index contributed by atoms with van der Waals surface area (Å²) in [5, 5.41) is 7.43. The van der Waals surface area contributed by atoms with Gasteiger partial charge in [-0.1, -0.05) is 19.1 Å². The Morgan fingerprint density at radius 3 is 2.52 bits per heavy atom. The smallest absolute Gasteiger partial charge is 0.240 e. The van der Waals surface area contributed by atoms with Gasteiger partial charge in [0.1, 0.15) is 0 Å². The topological polar surface area (TPSA) is 93.1 Å². The summed E-state index contributed by atoms with van der Waals surface area (Å²) >= 11 is 0. The zero-order valence-corrected chi connectivity index (χ0v) is 18.1. The van der Waals surface area contributed by atoms with Gasteiger partial charge in [0.05, 0.1) is 10.6 Å². The highest BCUT2D eigenvalue weighted by molar-refractivity contribution is 7.89. The van der Waals surface area contributed by atoms with Gasteiger partial charge in [0, 0.05) is 31.2 Å². The van der Waals surface area contributed by atoms with Gasteiger partial charge in [0.2, 0.25) is 15.9 Å². The van der Waals surface area contributed by atoms with Gasteiger partial charge in [-0.2, -0.15) is 5.10 Å². The van der Waals surface area contributed by atoms with Gasteiger partial charge >= 0.3 is 0 Å². The van der Waals surface area contributed by atoms with E-state index in [2.05, 4.69) is 22.1 Å². The minimum atomic E-state index is -3.43. The van der Waals surface area contributed by atoms with Crippen LogP contribution in [-0.2, 0) is 27.8 Å².